The van der Waals surface area contributed by atoms with Crippen molar-refractivity contribution in [2.45, 2.75) is 13.1 Å². The zero-order chi connectivity index (χ0) is 14.5. The normalized spacial score (nSPS) is 10.4. The van der Waals surface area contributed by atoms with E-state index in [-0.39, 0.29) is 5.69 Å². The number of nitrogens with zero attached hydrogens (tertiary/aromatic N) is 1. The van der Waals surface area contributed by atoms with E-state index >= 15 is 0 Å². The van der Waals surface area contributed by atoms with Gasteiger partial charge < -0.3 is 10.4 Å². The van der Waals surface area contributed by atoms with E-state index < -0.39 is 10.9 Å². The minimum absolute atomic E-state index is 0.0473. The number of carbonyl (C=O) groups is 1. The summed E-state index contributed by atoms with van der Waals surface area (Å²) < 4.78 is 0. The smallest absolute Gasteiger partial charge is 0.346 e. The molecule has 0 radical (unpaired) electrons. The van der Waals surface area contributed by atoms with Gasteiger partial charge in [-0.15, -0.1) is 11.3 Å². The number of nitro benzene ring substituents is 1. The summed E-state index contributed by atoms with van der Waals surface area (Å²) in [4.78, 5) is 21.5. The molecule has 0 saturated carbocycles. The van der Waals surface area contributed by atoms with E-state index in [9.17, 15) is 14.9 Å². The second-order valence-electron chi connectivity index (χ2n) is 4.11. The van der Waals surface area contributed by atoms with E-state index in [1.165, 1.54) is 23.5 Å². The Morgan fingerprint density at radius 2 is 2.15 bits per heavy atom. The molecule has 0 bridgehead atoms. The van der Waals surface area contributed by atoms with Crippen molar-refractivity contribution in [3.05, 3.63) is 61.8 Å². The van der Waals surface area contributed by atoms with Gasteiger partial charge in [-0.3, -0.25) is 10.1 Å². The van der Waals surface area contributed by atoms with Crippen LogP contribution in [0.15, 0.2) is 35.7 Å². The van der Waals surface area contributed by atoms with Crippen molar-refractivity contribution in [3.8, 4) is 0 Å². The number of hydrogen-bond donors (Lipinski definition) is 2. The Morgan fingerprint density at radius 3 is 2.85 bits per heavy atom. The molecule has 104 valence electrons. The molecule has 0 aliphatic heterocycles. The van der Waals surface area contributed by atoms with Crippen molar-refractivity contribution in [1.29, 1.82) is 0 Å². The first-order valence-corrected chi connectivity index (χ1v) is 6.69. The van der Waals surface area contributed by atoms with Crippen LogP contribution in [0.2, 0.25) is 0 Å². The van der Waals surface area contributed by atoms with E-state index in [0.29, 0.717) is 23.5 Å². The van der Waals surface area contributed by atoms with Crippen molar-refractivity contribution >= 4 is 23.0 Å². The quantitative estimate of drug-likeness (QED) is 0.630. The summed E-state index contributed by atoms with van der Waals surface area (Å²) in [6, 6.07) is 8.10. The lowest BCUT2D eigenvalue weighted by Crippen LogP contribution is -2.14. The summed E-state index contributed by atoms with van der Waals surface area (Å²) in [6.45, 7) is 0.852. The second-order valence-corrected chi connectivity index (χ2v) is 5.03. The molecule has 7 heteroatoms. The molecule has 0 unspecified atom stereocenters. The maximum Gasteiger partial charge on any atom is 0.346 e. The number of hydrogen-bond acceptors (Lipinski definition) is 5. The van der Waals surface area contributed by atoms with E-state index in [2.05, 4.69) is 5.32 Å². The average molecular weight is 292 g/mol. The Balaban J connectivity index is 1.96. The SMILES string of the molecule is O=C(O)c1sccc1CNCc1cccc([N+](=O)[O-])c1. The van der Waals surface area contributed by atoms with Gasteiger partial charge in [0.15, 0.2) is 0 Å². The fraction of sp³-hybridized carbons (Fsp3) is 0.154. The van der Waals surface area contributed by atoms with Crippen molar-refractivity contribution in [1.82, 2.24) is 5.32 Å². The predicted molar refractivity (Wildman–Crippen MR) is 74.9 cm³/mol. The van der Waals surface area contributed by atoms with E-state index in [0.717, 1.165) is 5.56 Å². The highest BCUT2D eigenvalue weighted by Crippen LogP contribution is 2.17. The van der Waals surface area contributed by atoms with Crippen LogP contribution in [0.3, 0.4) is 0 Å². The first-order valence-electron chi connectivity index (χ1n) is 5.81. The Hall–Kier alpha value is -2.25. The van der Waals surface area contributed by atoms with Crippen LogP contribution in [0.1, 0.15) is 20.8 Å². The summed E-state index contributed by atoms with van der Waals surface area (Å²) in [5.74, 6) is -0.938. The van der Waals surface area contributed by atoms with Crippen LogP contribution in [0.4, 0.5) is 5.69 Å². The zero-order valence-corrected chi connectivity index (χ0v) is 11.2. The molecule has 2 aromatic rings. The van der Waals surface area contributed by atoms with Crippen LogP contribution in [-0.2, 0) is 13.1 Å². The molecular formula is C13H12N2O4S. The summed E-state index contributed by atoms with van der Waals surface area (Å²) in [7, 11) is 0. The fourth-order valence-electron chi connectivity index (χ4n) is 1.78. The molecule has 0 amide bonds. The van der Waals surface area contributed by atoms with Crippen LogP contribution in [-0.4, -0.2) is 16.0 Å². The minimum atomic E-state index is -0.938. The molecule has 0 atom stereocenters. The van der Waals surface area contributed by atoms with Gasteiger partial charge >= 0.3 is 5.97 Å². The molecule has 0 fully saturated rings. The van der Waals surface area contributed by atoms with Crippen LogP contribution in [0, 0.1) is 10.1 Å². The third-order valence-electron chi connectivity index (χ3n) is 2.71. The maximum atomic E-state index is 10.9. The number of benzene rings is 1. The lowest BCUT2D eigenvalue weighted by Gasteiger charge is -2.04. The molecule has 1 heterocycles. The van der Waals surface area contributed by atoms with E-state index in [4.69, 9.17) is 5.11 Å². The van der Waals surface area contributed by atoms with Gasteiger partial charge in [-0.1, -0.05) is 12.1 Å². The molecule has 2 rings (SSSR count). The van der Waals surface area contributed by atoms with Gasteiger partial charge in [0.1, 0.15) is 4.88 Å². The van der Waals surface area contributed by atoms with Gasteiger partial charge in [-0.2, -0.15) is 0 Å². The summed E-state index contributed by atoms with van der Waals surface area (Å²) in [5, 5.41) is 24.4. The predicted octanol–water partition coefficient (Wildman–Crippen LogP) is 2.64. The lowest BCUT2D eigenvalue weighted by atomic mass is 10.2. The molecule has 1 aromatic heterocycles. The molecule has 0 aliphatic carbocycles. The number of carboxylic acids is 1. The van der Waals surface area contributed by atoms with Crippen molar-refractivity contribution in [2.75, 3.05) is 0 Å². The monoisotopic (exact) mass is 292 g/mol. The van der Waals surface area contributed by atoms with E-state index in [1.807, 2.05) is 0 Å². The number of carboxylic acid groups (broad SMARTS) is 1. The third-order valence-corrected chi connectivity index (χ3v) is 3.65. The van der Waals surface area contributed by atoms with Gasteiger partial charge in [0, 0.05) is 25.2 Å². The van der Waals surface area contributed by atoms with Crippen LogP contribution in [0.5, 0.6) is 0 Å². The Bertz CT molecular complexity index is 639. The lowest BCUT2D eigenvalue weighted by molar-refractivity contribution is -0.384. The third kappa shape index (κ3) is 3.40. The highest BCUT2D eigenvalue weighted by molar-refractivity contribution is 7.12. The fourth-order valence-corrected chi connectivity index (χ4v) is 2.54. The number of nitrogens with one attached hydrogen (secondary N) is 1. The van der Waals surface area contributed by atoms with Crippen LogP contribution < -0.4 is 5.32 Å². The number of non-ortho nitro benzene ring substituents is 1. The topological polar surface area (TPSA) is 92.5 Å². The summed E-state index contributed by atoms with van der Waals surface area (Å²) >= 11 is 1.18. The number of thiophene rings is 1. The van der Waals surface area contributed by atoms with Crippen molar-refractivity contribution < 1.29 is 14.8 Å². The van der Waals surface area contributed by atoms with Crippen molar-refractivity contribution in [3.63, 3.8) is 0 Å². The minimum Gasteiger partial charge on any atom is -0.477 e. The first kappa shape index (κ1) is 14.2. The Kier molecular flexibility index (Phi) is 4.44. The summed E-state index contributed by atoms with van der Waals surface area (Å²) in [5.41, 5.74) is 1.55. The average Bonchev–Trinajstić information content (AvgIpc) is 2.87. The maximum absolute atomic E-state index is 10.9. The number of nitro groups is 1. The van der Waals surface area contributed by atoms with Crippen molar-refractivity contribution in [2.24, 2.45) is 0 Å². The molecular weight excluding hydrogens is 280 g/mol. The van der Waals surface area contributed by atoms with Crippen LogP contribution in [0.25, 0.3) is 0 Å². The zero-order valence-electron chi connectivity index (χ0n) is 10.4. The standard InChI is InChI=1S/C13H12N2O4S/c16-13(17)12-10(4-5-20-12)8-14-7-9-2-1-3-11(6-9)15(18)19/h1-6,14H,7-8H2,(H,16,17). The van der Waals surface area contributed by atoms with E-state index in [1.54, 1.807) is 23.6 Å². The second kappa shape index (κ2) is 6.27. The molecule has 0 aliphatic rings. The molecule has 6 nitrogen and oxygen atoms in total. The van der Waals surface area contributed by atoms with Gasteiger partial charge in [0.05, 0.1) is 4.92 Å². The van der Waals surface area contributed by atoms with Gasteiger partial charge in [0.25, 0.3) is 5.69 Å². The highest BCUT2D eigenvalue weighted by atomic mass is 32.1. The Morgan fingerprint density at radius 1 is 1.35 bits per heavy atom. The summed E-state index contributed by atoms with van der Waals surface area (Å²) in [6.07, 6.45) is 0. The number of aromatic carboxylic acids is 1. The first-order chi connectivity index (χ1) is 9.58. The van der Waals surface area contributed by atoms with Gasteiger partial charge in [-0.05, 0) is 22.6 Å². The molecule has 2 N–H and O–H groups in total. The molecule has 0 saturated heterocycles. The molecule has 20 heavy (non-hydrogen) atoms. The van der Waals surface area contributed by atoms with Gasteiger partial charge in [0.2, 0.25) is 0 Å². The van der Waals surface area contributed by atoms with Crippen LogP contribution >= 0.6 is 11.3 Å². The number of rotatable bonds is 6. The molecule has 1 aromatic carbocycles. The highest BCUT2D eigenvalue weighted by Gasteiger charge is 2.11. The van der Waals surface area contributed by atoms with Gasteiger partial charge in [-0.25, -0.2) is 4.79 Å². The largest absolute Gasteiger partial charge is 0.477 e. The Labute approximate surface area is 118 Å². The molecule has 0 spiro atoms.